The summed E-state index contributed by atoms with van der Waals surface area (Å²) in [5.41, 5.74) is 0. The molecule has 2 heterocycles. The number of unbranched alkanes of at least 4 members (excludes halogenated alkanes) is 14. The first-order valence-electron chi connectivity index (χ1n) is 15.7. The van der Waals surface area contributed by atoms with Gasteiger partial charge < -0.3 is 44.5 Å². The third kappa shape index (κ3) is 12.1. The number of carbonyl (C=O) groups excluding carboxylic acids is 3. The molecular formula is C30H52O12. The highest BCUT2D eigenvalue weighted by atomic mass is 16.7. The van der Waals surface area contributed by atoms with Gasteiger partial charge in [0.15, 0.2) is 12.4 Å². The molecule has 12 heteroatoms. The van der Waals surface area contributed by atoms with E-state index in [2.05, 4.69) is 6.92 Å². The number of aliphatic hydroxyl groups is 5. The van der Waals surface area contributed by atoms with Crippen molar-refractivity contribution in [2.24, 2.45) is 0 Å². The van der Waals surface area contributed by atoms with E-state index in [1.807, 2.05) is 0 Å². The predicted octanol–water partition coefficient (Wildman–Crippen LogP) is 1.83. The summed E-state index contributed by atoms with van der Waals surface area (Å²) in [4.78, 5) is 36.9. The SMILES string of the molecule is CCCCCCCCCCCCCCCCCC(=O)OC[C@H](O)[C@H]1OC(=O)C(OC2O[C@H](CO)[C@@H](O)[C@H](O)[C@H]2O)C1=O. The van der Waals surface area contributed by atoms with Crippen molar-refractivity contribution in [3.63, 3.8) is 0 Å². The summed E-state index contributed by atoms with van der Waals surface area (Å²) in [5.74, 6) is -2.68. The van der Waals surface area contributed by atoms with E-state index < -0.39 is 80.0 Å². The smallest absolute Gasteiger partial charge is 0.344 e. The van der Waals surface area contributed by atoms with E-state index in [-0.39, 0.29) is 6.42 Å². The van der Waals surface area contributed by atoms with Crippen molar-refractivity contribution in [1.29, 1.82) is 0 Å². The predicted molar refractivity (Wildman–Crippen MR) is 150 cm³/mol. The average molecular weight is 605 g/mol. The summed E-state index contributed by atoms with van der Waals surface area (Å²) in [5, 5.41) is 49.3. The number of cyclic esters (lactones) is 1. The quantitative estimate of drug-likeness (QED) is 0.0686. The van der Waals surface area contributed by atoms with Crippen LogP contribution in [0.25, 0.3) is 0 Å². The van der Waals surface area contributed by atoms with Crippen molar-refractivity contribution in [3.05, 3.63) is 0 Å². The van der Waals surface area contributed by atoms with E-state index in [0.29, 0.717) is 6.42 Å². The molecule has 42 heavy (non-hydrogen) atoms. The molecular weight excluding hydrogens is 552 g/mol. The fraction of sp³-hybridized carbons (Fsp3) is 0.900. The van der Waals surface area contributed by atoms with Crippen LogP contribution in [0, 0.1) is 0 Å². The van der Waals surface area contributed by atoms with Crippen LogP contribution in [-0.4, -0.2) is 105 Å². The van der Waals surface area contributed by atoms with Gasteiger partial charge in [-0.2, -0.15) is 0 Å². The topological polar surface area (TPSA) is 189 Å². The number of Topliss-reactive ketones (excluding diaryl/α,β-unsaturated/α-hetero) is 1. The molecule has 2 unspecified atom stereocenters. The van der Waals surface area contributed by atoms with Crippen LogP contribution in [0.5, 0.6) is 0 Å². The maximum Gasteiger partial charge on any atom is 0.344 e. The molecule has 2 fully saturated rings. The maximum atomic E-state index is 12.6. The van der Waals surface area contributed by atoms with Crippen molar-refractivity contribution in [2.45, 2.75) is 159 Å². The van der Waals surface area contributed by atoms with Gasteiger partial charge in [-0.25, -0.2) is 4.79 Å². The zero-order valence-electron chi connectivity index (χ0n) is 24.9. The molecule has 0 aromatic carbocycles. The van der Waals surface area contributed by atoms with Crippen LogP contribution in [0.1, 0.15) is 110 Å². The summed E-state index contributed by atoms with van der Waals surface area (Å²) in [7, 11) is 0. The van der Waals surface area contributed by atoms with Gasteiger partial charge in [-0.3, -0.25) is 9.59 Å². The number of esters is 2. The first-order chi connectivity index (χ1) is 20.2. The molecule has 2 saturated heterocycles. The largest absolute Gasteiger partial charge is 0.463 e. The Labute approximate surface area is 248 Å². The van der Waals surface area contributed by atoms with E-state index in [1.54, 1.807) is 0 Å². The lowest BCUT2D eigenvalue weighted by Crippen LogP contribution is -2.60. The first-order valence-corrected chi connectivity index (χ1v) is 15.7. The van der Waals surface area contributed by atoms with Crippen molar-refractivity contribution in [1.82, 2.24) is 0 Å². The Bertz CT molecular complexity index is 790. The lowest BCUT2D eigenvalue weighted by Gasteiger charge is -2.39. The molecule has 0 aromatic heterocycles. The fourth-order valence-corrected chi connectivity index (χ4v) is 5.19. The zero-order valence-corrected chi connectivity index (χ0v) is 24.9. The highest BCUT2D eigenvalue weighted by molar-refractivity contribution is 6.09. The van der Waals surface area contributed by atoms with Crippen LogP contribution in [0.2, 0.25) is 0 Å². The zero-order chi connectivity index (χ0) is 30.9. The molecule has 244 valence electrons. The Balaban J connectivity index is 1.54. The van der Waals surface area contributed by atoms with Gasteiger partial charge in [0.25, 0.3) is 0 Å². The van der Waals surface area contributed by atoms with Gasteiger partial charge in [-0.1, -0.05) is 96.8 Å². The lowest BCUT2D eigenvalue weighted by molar-refractivity contribution is -0.305. The third-order valence-corrected chi connectivity index (χ3v) is 7.86. The third-order valence-electron chi connectivity index (χ3n) is 7.86. The molecule has 12 nitrogen and oxygen atoms in total. The molecule has 0 bridgehead atoms. The minimum Gasteiger partial charge on any atom is -0.463 e. The number of hydrogen-bond donors (Lipinski definition) is 5. The molecule has 2 aliphatic heterocycles. The van der Waals surface area contributed by atoms with Crippen LogP contribution in [-0.2, 0) is 33.3 Å². The van der Waals surface area contributed by atoms with E-state index in [9.17, 15) is 39.9 Å². The van der Waals surface area contributed by atoms with Crippen LogP contribution in [0.15, 0.2) is 0 Å². The van der Waals surface area contributed by atoms with E-state index >= 15 is 0 Å². The normalized spacial score (nSPS) is 28.6. The van der Waals surface area contributed by atoms with E-state index in [1.165, 1.54) is 70.6 Å². The number of ether oxygens (including phenoxy) is 4. The average Bonchev–Trinajstić information content (AvgIpc) is 3.26. The minimum atomic E-state index is -1.89. The Hall–Kier alpha value is -1.67. The molecule has 0 aromatic rings. The van der Waals surface area contributed by atoms with Crippen LogP contribution >= 0.6 is 0 Å². The summed E-state index contributed by atoms with van der Waals surface area (Å²) >= 11 is 0. The number of hydrogen-bond acceptors (Lipinski definition) is 12. The molecule has 0 spiro atoms. The number of aliphatic hydroxyl groups excluding tert-OH is 5. The molecule has 5 N–H and O–H groups in total. The Kier molecular flexibility index (Phi) is 17.7. The summed E-state index contributed by atoms with van der Waals surface area (Å²) < 4.78 is 20.3. The van der Waals surface area contributed by atoms with Gasteiger partial charge >= 0.3 is 11.9 Å². The highest BCUT2D eigenvalue weighted by Crippen LogP contribution is 2.26. The number of rotatable bonds is 22. The van der Waals surface area contributed by atoms with Gasteiger partial charge in [0, 0.05) is 6.42 Å². The van der Waals surface area contributed by atoms with Crippen LogP contribution in [0.4, 0.5) is 0 Å². The molecule has 2 aliphatic rings. The lowest BCUT2D eigenvalue weighted by atomic mass is 9.99. The number of carbonyl (C=O) groups is 3. The Morgan fingerprint density at radius 3 is 1.86 bits per heavy atom. The van der Waals surface area contributed by atoms with Gasteiger partial charge in [0.05, 0.1) is 6.61 Å². The van der Waals surface area contributed by atoms with Crippen molar-refractivity contribution in [3.8, 4) is 0 Å². The second-order valence-electron chi connectivity index (χ2n) is 11.4. The maximum absolute atomic E-state index is 12.6. The van der Waals surface area contributed by atoms with Crippen molar-refractivity contribution in [2.75, 3.05) is 13.2 Å². The first kappa shape index (κ1) is 36.5. The summed E-state index contributed by atoms with van der Waals surface area (Å²) in [6.07, 6.45) is 4.88. The van der Waals surface area contributed by atoms with Crippen molar-refractivity contribution >= 4 is 17.7 Å². The summed E-state index contributed by atoms with van der Waals surface area (Å²) in [6, 6.07) is 0. The minimum absolute atomic E-state index is 0.173. The molecule has 0 radical (unpaired) electrons. The molecule has 2 rings (SSSR count). The van der Waals surface area contributed by atoms with Crippen LogP contribution < -0.4 is 0 Å². The molecule has 0 saturated carbocycles. The monoisotopic (exact) mass is 604 g/mol. The fourth-order valence-electron chi connectivity index (χ4n) is 5.19. The number of ketones is 1. The summed E-state index contributed by atoms with van der Waals surface area (Å²) in [6.45, 7) is 0.954. The van der Waals surface area contributed by atoms with E-state index in [4.69, 9.17) is 18.9 Å². The molecule has 0 aliphatic carbocycles. The van der Waals surface area contributed by atoms with Gasteiger partial charge in [-0.15, -0.1) is 0 Å². The highest BCUT2D eigenvalue weighted by Gasteiger charge is 2.52. The van der Waals surface area contributed by atoms with Crippen LogP contribution in [0.3, 0.4) is 0 Å². The van der Waals surface area contributed by atoms with Gasteiger partial charge in [0.2, 0.25) is 11.9 Å². The molecule has 8 atom stereocenters. The Morgan fingerprint density at radius 2 is 1.33 bits per heavy atom. The standard InChI is InChI=1S/C30H52O12/c1-2-3-4-5-6-7-8-9-10-11-12-13-14-15-16-17-22(33)39-19-20(32)27-26(37)28(29(38)41-27)42-30-25(36)24(35)23(34)21(18-31)40-30/h20-21,23-25,27-28,30-32,34-36H,2-19H2,1H3/t20-,21+,23+,24-,25+,27+,28?,30?/m0/s1. The van der Waals surface area contributed by atoms with Crippen molar-refractivity contribution < 1.29 is 58.9 Å². The second-order valence-corrected chi connectivity index (χ2v) is 11.4. The van der Waals surface area contributed by atoms with E-state index in [0.717, 1.165) is 19.3 Å². The van der Waals surface area contributed by atoms with Gasteiger partial charge in [-0.05, 0) is 6.42 Å². The van der Waals surface area contributed by atoms with Gasteiger partial charge in [0.1, 0.15) is 37.1 Å². The second kappa shape index (κ2) is 20.3. The molecule has 0 amide bonds. The Morgan fingerprint density at radius 1 is 0.810 bits per heavy atom.